The molecule has 2 atom stereocenters. The van der Waals surface area contributed by atoms with Gasteiger partial charge in [0, 0.05) is 28.7 Å². The molecule has 0 bridgehead atoms. The van der Waals surface area contributed by atoms with Gasteiger partial charge < -0.3 is 15.1 Å². The quantitative estimate of drug-likeness (QED) is 0.346. The average molecular weight is 565 g/mol. The van der Waals surface area contributed by atoms with Gasteiger partial charge in [-0.1, -0.05) is 84.7 Å². The number of fused-ring (bicyclic) bond motifs is 1. The summed E-state index contributed by atoms with van der Waals surface area (Å²) < 4.78 is 0. The molecule has 1 N–H and O–H groups in total. The molecule has 0 aliphatic carbocycles. The standard InChI is InChI=1S/C32H35Cl2N3O2/c1-2-36-18-15-23(16-19-36)21-37-30(27-13-12-24(33)20-28(27)34)29(25-10-6-7-11-26(25)32(37)39)31(38)35-17-14-22-8-4-3-5-9-22/h3-13,20,23,29-30H,2,14-19,21H2,1H3,(H,35,38)/t29-,30+/m1/s1. The number of rotatable bonds is 8. The SMILES string of the molecule is CCN1CCC(CN2C(=O)c3ccccc3[C@@H](C(=O)NCCc3ccccc3)[C@@H]2c2ccc(Cl)cc2Cl)CC1. The lowest BCUT2D eigenvalue weighted by Gasteiger charge is -2.44. The van der Waals surface area contributed by atoms with Crippen molar-refractivity contribution in [1.29, 1.82) is 0 Å². The summed E-state index contributed by atoms with van der Waals surface area (Å²) in [6.07, 6.45) is 2.77. The largest absolute Gasteiger partial charge is 0.355 e. The Balaban J connectivity index is 1.50. The van der Waals surface area contributed by atoms with Crippen LogP contribution in [0.15, 0.2) is 72.8 Å². The van der Waals surface area contributed by atoms with Crippen molar-refractivity contribution < 1.29 is 9.59 Å². The van der Waals surface area contributed by atoms with Crippen LogP contribution in [0.1, 0.15) is 58.8 Å². The van der Waals surface area contributed by atoms with Crippen LogP contribution in [0.25, 0.3) is 0 Å². The van der Waals surface area contributed by atoms with Crippen LogP contribution in [0, 0.1) is 5.92 Å². The lowest BCUT2D eigenvalue weighted by atomic mass is 9.78. The summed E-state index contributed by atoms with van der Waals surface area (Å²) in [7, 11) is 0. The van der Waals surface area contributed by atoms with Gasteiger partial charge in [-0.05, 0) is 79.7 Å². The number of likely N-dealkylation sites (tertiary alicyclic amines) is 1. The lowest BCUT2D eigenvalue weighted by molar-refractivity contribution is -0.124. The first-order valence-electron chi connectivity index (χ1n) is 13.8. The van der Waals surface area contributed by atoms with E-state index in [-0.39, 0.29) is 11.8 Å². The van der Waals surface area contributed by atoms with E-state index in [0.29, 0.717) is 34.6 Å². The van der Waals surface area contributed by atoms with Gasteiger partial charge in [-0.3, -0.25) is 9.59 Å². The van der Waals surface area contributed by atoms with E-state index in [0.717, 1.165) is 55.6 Å². The molecule has 7 heteroatoms. The number of halogens is 2. The number of hydrogen-bond acceptors (Lipinski definition) is 3. The molecule has 2 aliphatic heterocycles. The van der Waals surface area contributed by atoms with Gasteiger partial charge in [-0.25, -0.2) is 0 Å². The molecule has 2 aliphatic rings. The van der Waals surface area contributed by atoms with Crippen molar-refractivity contribution in [3.05, 3.63) is 105 Å². The van der Waals surface area contributed by atoms with Gasteiger partial charge >= 0.3 is 0 Å². The van der Waals surface area contributed by atoms with Gasteiger partial charge in [0.2, 0.25) is 5.91 Å². The maximum atomic E-state index is 14.1. The summed E-state index contributed by atoms with van der Waals surface area (Å²) in [5, 5.41) is 4.16. The predicted molar refractivity (Wildman–Crippen MR) is 157 cm³/mol. The summed E-state index contributed by atoms with van der Waals surface area (Å²) in [4.78, 5) is 32.4. The Labute approximate surface area is 241 Å². The Kier molecular flexibility index (Phi) is 8.91. The summed E-state index contributed by atoms with van der Waals surface area (Å²) in [6, 6.07) is 22.4. The molecule has 3 aromatic rings. The van der Waals surface area contributed by atoms with Gasteiger partial charge in [-0.15, -0.1) is 0 Å². The van der Waals surface area contributed by atoms with Crippen LogP contribution < -0.4 is 5.32 Å². The highest BCUT2D eigenvalue weighted by atomic mass is 35.5. The van der Waals surface area contributed by atoms with Gasteiger partial charge in [-0.2, -0.15) is 0 Å². The minimum atomic E-state index is -0.593. The van der Waals surface area contributed by atoms with E-state index < -0.39 is 12.0 Å². The van der Waals surface area contributed by atoms with Crippen molar-refractivity contribution in [2.24, 2.45) is 5.92 Å². The highest BCUT2D eigenvalue weighted by Crippen LogP contribution is 2.46. The zero-order valence-corrected chi connectivity index (χ0v) is 23.8. The first kappa shape index (κ1) is 27.7. The lowest BCUT2D eigenvalue weighted by Crippen LogP contribution is -2.50. The normalized spacial score (nSPS) is 20.1. The first-order chi connectivity index (χ1) is 19.0. The molecule has 1 fully saturated rings. The highest BCUT2D eigenvalue weighted by molar-refractivity contribution is 6.35. The second-order valence-electron chi connectivity index (χ2n) is 10.5. The second-order valence-corrected chi connectivity index (χ2v) is 11.4. The zero-order chi connectivity index (χ0) is 27.4. The maximum Gasteiger partial charge on any atom is 0.254 e. The summed E-state index contributed by atoms with van der Waals surface area (Å²) >= 11 is 13.0. The fourth-order valence-corrected chi connectivity index (χ4v) is 6.53. The maximum absolute atomic E-state index is 14.1. The van der Waals surface area contributed by atoms with Crippen LogP contribution in [-0.4, -0.2) is 54.3 Å². The van der Waals surface area contributed by atoms with E-state index in [4.69, 9.17) is 23.2 Å². The van der Waals surface area contributed by atoms with Crippen LogP contribution in [0.5, 0.6) is 0 Å². The van der Waals surface area contributed by atoms with E-state index in [2.05, 4.69) is 29.3 Å². The number of carbonyl (C=O) groups is 2. The Hall–Kier alpha value is -2.86. The van der Waals surface area contributed by atoms with Gasteiger partial charge in [0.25, 0.3) is 5.91 Å². The van der Waals surface area contributed by atoms with Gasteiger partial charge in [0.1, 0.15) is 0 Å². The molecule has 2 heterocycles. The summed E-state index contributed by atoms with van der Waals surface area (Å²) in [6.45, 7) is 6.36. The van der Waals surface area contributed by atoms with Crippen LogP contribution in [-0.2, 0) is 11.2 Å². The van der Waals surface area contributed by atoms with Crippen molar-refractivity contribution in [3.8, 4) is 0 Å². The van der Waals surface area contributed by atoms with Crippen LogP contribution >= 0.6 is 23.2 Å². The molecule has 0 unspecified atom stereocenters. The molecule has 0 aromatic heterocycles. The van der Waals surface area contributed by atoms with Crippen molar-refractivity contribution in [2.45, 2.75) is 38.1 Å². The van der Waals surface area contributed by atoms with Crippen LogP contribution in [0.4, 0.5) is 0 Å². The van der Waals surface area contributed by atoms with Crippen molar-refractivity contribution in [3.63, 3.8) is 0 Å². The number of benzene rings is 3. The molecular formula is C32H35Cl2N3O2. The van der Waals surface area contributed by atoms with Crippen molar-refractivity contribution in [2.75, 3.05) is 32.7 Å². The molecule has 1 saturated heterocycles. The topological polar surface area (TPSA) is 52.7 Å². The predicted octanol–water partition coefficient (Wildman–Crippen LogP) is 6.36. The van der Waals surface area contributed by atoms with Crippen molar-refractivity contribution in [1.82, 2.24) is 15.1 Å². The van der Waals surface area contributed by atoms with E-state index in [9.17, 15) is 9.59 Å². The molecular weight excluding hydrogens is 529 g/mol. The van der Waals surface area contributed by atoms with Crippen LogP contribution in [0.3, 0.4) is 0 Å². The van der Waals surface area contributed by atoms with Gasteiger partial charge in [0.15, 0.2) is 0 Å². The molecule has 0 spiro atoms. The molecule has 5 nitrogen and oxygen atoms in total. The molecule has 0 saturated carbocycles. The Bertz CT molecular complexity index is 1310. The number of amides is 2. The third kappa shape index (κ3) is 6.16. The Morgan fingerprint density at radius 1 is 0.949 bits per heavy atom. The Morgan fingerprint density at radius 2 is 1.67 bits per heavy atom. The fraction of sp³-hybridized carbons (Fsp3) is 0.375. The van der Waals surface area contributed by atoms with E-state index >= 15 is 0 Å². The molecule has 3 aromatic carbocycles. The molecule has 0 radical (unpaired) electrons. The molecule has 204 valence electrons. The van der Waals surface area contributed by atoms with E-state index in [1.54, 1.807) is 12.1 Å². The van der Waals surface area contributed by atoms with Gasteiger partial charge in [0.05, 0.1) is 12.0 Å². The highest BCUT2D eigenvalue weighted by Gasteiger charge is 2.45. The first-order valence-corrected chi connectivity index (χ1v) is 14.6. The number of nitrogens with one attached hydrogen (secondary N) is 1. The molecule has 5 rings (SSSR count). The second kappa shape index (κ2) is 12.5. The number of piperidine rings is 1. The number of carbonyl (C=O) groups excluding carboxylic acids is 2. The number of nitrogens with zero attached hydrogens (tertiary/aromatic N) is 2. The summed E-state index contributed by atoms with van der Waals surface area (Å²) in [5.74, 6) is -0.387. The van der Waals surface area contributed by atoms with Crippen molar-refractivity contribution >= 4 is 35.0 Å². The number of hydrogen-bond donors (Lipinski definition) is 1. The Morgan fingerprint density at radius 3 is 2.38 bits per heavy atom. The molecule has 2 amide bonds. The van der Waals surface area contributed by atoms with Crippen LogP contribution in [0.2, 0.25) is 10.0 Å². The van der Waals surface area contributed by atoms with E-state index in [1.807, 2.05) is 53.4 Å². The summed E-state index contributed by atoms with van der Waals surface area (Å²) in [5.41, 5.74) is 3.24. The fourth-order valence-electron chi connectivity index (χ4n) is 6.01. The molecule has 39 heavy (non-hydrogen) atoms. The minimum Gasteiger partial charge on any atom is -0.355 e. The average Bonchev–Trinajstić information content (AvgIpc) is 2.95. The third-order valence-electron chi connectivity index (χ3n) is 8.17. The monoisotopic (exact) mass is 563 g/mol. The zero-order valence-electron chi connectivity index (χ0n) is 22.3. The third-order valence-corrected chi connectivity index (χ3v) is 8.73. The van der Waals surface area contributed by atoms with E-state index in [1.165, 1.54) is 0 Å². The minimum absolute atomic E-state index is 0.0483. The smallest absolute Gasteiger partial charge is 0.254 e.